The van der Waals surface area contributed by atoms with Crippen molar-refractivity contribution in [2.75, 3.05) is 0 Å². The third kappa shape index (κ3) is 22.3. The summed E-state index contributed by atoms with van der Waals surface area (Å²) in [5.74, 6) is 0. The van der Waals surface area contributed by atoms with Gasteiger partial charge in [0.2, 0.25) is 0 Å². The molecule has 16 heteroatoms. The SMILES string of the molecule is O.O.O.O=C(O)O.O=C(O)O.O=C(O)O.[Co].c1ccc(-c2cccc(-c3ccccn3)n2)nc1. The van der Waals surface area contributed by atoms with Crippen molar-refractivity contribution in [3.05, 3.63) is 67.0 Å². The van der Waals surface area contributed by atoms with Gasteiger partial charge in [-0.15, -0.1) is 0 Å². The summed E-state index contributed by atoms with van der Waals surface area (Å²) < 4.78 is 0. The Bertz CT molecular complexity index is 838. The van der Waals surface area contributed by atoms with Gasteiger partial charge >= 0.3 is 18.5 Å². The van der Waals surface area contributed by atoms with Crippen LogP contribution in [0.2, 0.25) is 0 Å². The molecule has 15 nitrogen and oxygen atoms in total. The molecule has 0 fully saturated rings. The summed E-state index contributed by atoms with van der Waals surface area (Å²) in [7, 11) is 0. The fourth-order valence-electron chi connectivity index (χ4n) is 1.75. The van der Waals surface area contributed by atoms with Crippen LogP contribution < -0.4 is 0 Å². The van der Waals surface area contributed by atoms with Crippen LogP contribution in [0.3, 0.4) is 0 Å². The molecule has 3 rings (SSSR count). The Morgan fingerprint density at radius 1 is 0.500 bits per heavy atom. The number of carboxylic acid groups (broad SMARTS) is 6. The first-order chi connectivity index (χ1) is 14.1. The van der Waals surface area contributed by atoms with Crippen LogP contribution >= 0.6 is 0 Å². The molecule has 12 N–H and O–H groups in total. The van der Waals surface area contributed by atoms with Gasteiger partial charge in [-0.3, -0.25) is 9.97 Å². The first kappa shape index (κ1) is 40.1. The van der Waals surface area contributed by atoms with E-state index in [1.54, 1.807) is 12.4 Å². The number of hydrogen-bond acceptors (Lipinski definition) is 6. The van der Waals surface area contributed by atoms with Gasteiger partial charge < -0.3 is 47.1 Å². The first-order valence-corrected chi connectivity index (χ1v) is 7.69. The molecule has 0 saturated heterocycles. The number of aromatic nitrogens is 3. The van der Waals surface area contributed by atoms with Gasteiger partial charge in [0.25, 0.3) is 0 Å². The Hall–Kier alpha value is -4.35. The first-order valence-electron chi connectivity index (χ1n) is 7.69. The molecule has 3 aromatic rings. The van der Waals surface area contributed by atoms with Crippen molar-refractivity contribution >= 4 is 18.5 Å². The van der Waals surface area contributed by atoms with E-state index >= 15 is 0 Å². The minimum atomic E-state index is -1.83. The minimum Gasteiger partial charge on any atom is -0.450 e. The molecule has 0 aromatic carbocycles. The molecule has 0 saturated carbocycles. The Morgan fingerprint density at radius 3 is 1.00 bits per heavy atom. The topological polar surface area (TPSA) is 306 Å². The molecule has 3 heterocycles. The summed E-state index contributed by atoms with van der Waals surface area (Å²) in [5.41, 5.74) is 3.46. The summed E-state index contributed by atoms with van der Waals surface area (Å²) in [4.78, 5) is 38.9. The third-order valence-corrected chi connectivity index (χ3v) is 2.60. The van der Waals surface area contributed by atoms with E-state index in [-0.39, 0.29) is 33.2 Å². The van der Waals surface area contributed by atoms with Crippen LogP contribution in [0.1, 0.15) is 0 Å². The largest absolute Gasteiger partial charge is 0.503 e. The summed E-state index contributed by atoms with van der Waals surface area (Å²) >= 11 is 0. The molecular formula is C18H23CoN3O12. The average molecular weight is 532 g/mol. The van der Waals surface area contributed by atoms with E-state index in [2.05, 4.69) is 15.0 Å². The molecule has 0 amide bonds. The van der Waals surface area contributed by atoms with Crippen molar-refractivity contribution in [2.24, 2.45) is 0 Å². The van der Waals surface area contributed by atoms with Gasteiger partial charge in [0.05, 0.1) is 22.8 Å². The molecule has 34 heavy (non-hydrogen) atoms. The normalized spacial score (nSPS) is 7.53. The van der Waals surface area contributed by atoms with E-state index in [1.165, 1.54) is 0 Å². The Balaban J connectivity index is -0.000000150. The summed E-state index contributed by atoms with van der Waals surface area (Å²) in [6, 6.07) is 17.5. The summed E-state index contributed by atoms with van der Waals surface area (Å²) in [5, 5.41) is 41.8. The van der Waals surface area contributed by atoms with Crippen molar-refractivity contribution in [1.29, 1.82) is 0 Å². The van der Waals surface area contributed by atoms with Crippen LogP contribution in [-0.2, 0) is 16.8 Å². The zero-order valence-electron chi connectivity index (χ0n) is 16.9. The van der Waals surface area contributed by atoms with Gasteiger partial charge in [-0.1, -0.05) is 18.2 Å². The number of rotatable bonds is 2. The molecule has 0 aliphatic rings. The molecule has 0 spiro atoms. The average Bonchev–Trinajstić information content (AvgIpc) is 2.68. The van der Waals surface area contributed by atoms with E-state index in [0.29, 0.717) is 0 Å². The molecule has 191 valence electrons. The minimum absolute atomic E-state index is 0. The molecular weight excluding hydrogens is 509 g/mol. The monoisotopic (exact) mass is 532 g/mol. The molecule has 0 unspecified atom stereocenters. The van der Waals surface area contributed by atoms with Gasteiger partial charge in [-0.2, -0.15) is 0 Å². The molecule has 0 bridgehead atoms. The predicted octanol–water partition coefficient (Wildman–Crippen LogP) is 1.40. The second kappa shape index (κ2) is 23.3. The summed E-state index contributed by atoms with van der Waals surface area (Å²) in [6.07, 6.45) is -1.96. The Labute approximate surface area is 201 Å². The zero-order valence-corrected chi connectivity index (χ0v) is 18.0. The maximum absolute atomic E-state index is 8.56. The van der Waals surface area contributed by atoms with Crippen molar-refractivity contribution in [3.8, 4) is 22.8 Å². The van der Waals surface area contributed by atoms with E-state index in [0.717, 1.165) is 22.8 Å². The maximum atomic E-state index is 8.56. The molecule has 0 aliphatic heterocycles. The van der Waals surface area contributed by atoms with Crippen LogP contribution in [0.15, 0.2) is 67.0 Å². The molecule has 0 aliphatic carbocycles. The number of pyridine rings is 3. The van der Waals surface area contributed by atoms with Crippen molar-refractivity contribution in [1.82, 2.24) is 15.0 Å². The van der Waals surface area contributed by atoms with Crippen molar-refractivity contribution in [2.45, 2.75) is 0 Å². The van der Waals surface area contributed by atoms with Gasteiger partial charge in [0, 0.05) is 29.2 Å². The Kier molecular flexibility index (Phi) is 27.5. The standard InChI is InChI=1S/C15H11N3.3CH2O3.Co.3H2O/c1-3-10-16-12(6-1)14-8-5-9-15(18-14)13-7-2-4-11-17-13;3*2-1(3)4;;;;/h1-11H;3*(H2,2,3,4);;3*1H2. The van der Waals surface area contributed by atoms with Gasteiger partial charge in [0.15, 0.2) is 0 Å². The van der Waals surface area contributed by atoms with Crippen LogP contribution in [0, 0.1) is 0 Å². The number of nitrogens with zero attached hydrogens (tertiary/aromatic N) is 3. The van der Waals surface area contributed by atoms with Crippen molar-refractivity contribution < 1.29 is 78.2 Å². The fourth-order valence-corrected chi connectivity index (χ4v) is 1.75. The van der Waals surface area contributed by atoms with Crippen LogP contribution in [-0.4, -0.2) is 80.5 Å². The fraction of sp³-hybridized carbons (Fsp3) is 0. The van der Waals surface area contributed by atoms with E-state index in [1.807, 2.05) is 54.6 Å². The van der Waals surface area contributed by atoms with Gasteiger partial charge in [-0.05, 0) is 36.4 Å². The number of hydrogen-bond donors (Lipinski definition) is 6. The molecule has 0 atom stereocenters. The quantitative estimate of drug-likeness (QED) is 0.273. The molecule has 3 aromatic heterocycles. The van der Waals surface area contributed by atoms with Crippen molar-refractivity contribution in [3.63, 3.8) is 0 Å². The van der Waals surface area contributed by atoms with Gasteiger partial charge in [0.1, 0.15) is 0 Å². The van der Waals surface area contributed by atoms with Crippen LogP contribution in [0.25, 0.3) is 22.8 Å². The summed E-state index contributed by atoms with van der Waals surface area (Å²) in [6.45, 7) is 0. The Morgan fingerprint density at radius 2 is 0.765 bits per heavy atom. The van der Waals surface area contributed by atoms with E-state index < -0.39 is 18.5 Å². The molecule has 1 radical (unpaired) electrons. The second-order valence-electron chi connectivity index (χ2n) is 4.69. The van der Waals surface area contributed by atoms with E-state index in [4.69, 9.17) is 45.0 Å². The van der Waals surface area contributed by atoms with Crippen LogP contribution in [0.4, 0.5) is 14.4 Å². The zero-order chi connectivity index (χ0) is 22.9. The predicted molar refractivity (Wildman–Crippen MR) is 114 cm³/mol. The van der Waals surface area contributed by atoms with E-state index in [9.17, 15) is 0 Å². The van der Waals surface area contributed by atoms with Gasteiger partial charge in [-0.25, -0.2) is 19.4 Å². The van der Waals surface area contributed by atoms with Crippen LogP contribution in [0.5, 0.6) is 0 Å². The maximum Gasteiger partial charge on any atom is 0.503 e. The number of carbonyl (C=O) groups is 3. The second-order valence-corrected chi connectivity index (χ2v) is 4.69. The smallest absolute Gasteiger partial charge is 0.450 e. The third-order valence-electron chi connectivity index (χ3n) is 2.60.